The lowest BCUT2D eigenvalue weighted by Gasteiger charge is -2.31. The molecule has 3 heteroatoms. The van der Waals surface area contributed by atoms with Gasteiger partial charge in [-0.3, -0.25) is 4.79 Å². The molecule has 0 unspecified atom stereocenters. The first kappa shape index (κ1) is 9.97. The zero-order chi connectivity index (χ0) is 9.97. The third-order valence-corrected chi connectivity index (χ3v) is 3.56. The summed E-state index contributed by atoms with van der Waals surface area (Å²) in [5.74, 6) is 1.19. The topological polar surface area (TPSA) is 32.3 Å². The fourth-order valence-electron chi connectivity index (χ4n) is 2.49. The number of carbonyl (C=O) groups is 1. The summed E-state index contributed by atoms with van der Waals surface area (Å²) in [5, 5.41) is 3.32. The van der Waals surface area contributed by atoms with Crippen molar-refractivity contribution in [3.8, 4) is 0 Å². The van der Waals surface area contributed by atoms with E-state index in [0.29, 0.717) is 11.8 Å². The van der Waals surface area contributed by atoms with Crippen LogP contribution in [0.3, 0.4) is 0 Å². The van der Waals surface area contributed by atoms with Crippen LogP contribution in [0.15, 0.2) is 0 Å². The summed E-state index contributed by atoms with van der Waals surface area (Å²) < 4.78 is 0. The van der Waals surface area contributed by atoms with Gasteiger partial charge in [0.1, 0.15) is 0 Å². The van der Waals surface area contributed by atoms with Gasteiger partial charge in [0.2, 0.25) is 5.91 Å². The van der Waals surface area contributed by atoms with Gasteiger partial charge in [0, 0.05) is 19.6 Å². The molecule has 2 rings (SSSR count). The van der Waals surface area contributed by atoms with E-state index in [4.69, 9.17) is 0 Å². The zero-order valence-corrected chi connectivity index (χ0v) is 8.96. The molecule has 0 bridgehead atoms. The van der Waals surface area contributed by atoms with Gasteiger partial charge in [0.05, 0.1) is 5.92 Å². The van der Waals surface area contributed by atoms with Crippen LogP contribution in [0.25, 0.3) is 0 Å². The van der Waals surface area contributed by atoms with E-state index in [2.05, 4.69) is 12.2 Å². The number of hydrogen-bond acceptors (Lipinski definition) is 2. The Hall–Kier alpha value is -0.570. The number of piperidine rings is 1. The minimum absolute atomic E-state index is 0.238. The Balaban J connectivity index is 1.94. The van der Waals surface area contributed by atoms with Crippen LogP contribution in [0.4, 0.5) is 0 Å². The van der Waals surface area contributed by atoms with Crippen LogP contribution >= 0.6 is 0 Å². The molecule has 80 valence electrons. The lowest BCUT2D eigenvalue weighted by molar-refractivity contribution is -0.136. The molecule has 1 N–H and O–H groups in total. The maximum Gasteiger partial charge on any atom is 0.227 e. The molecule has 2 aliphatic heterocycles. The van der Waals surface area contributed by atoms with Crippen LogP contribution in [0.2, 0.25) is 0 Å². The second kappa shape index (κ2) is 4.30. The van der Waals surface area contributed by atoms with Crippen molar-refractivity contribution < 1.29 is 4.79 Å². The number of nitrogens with one attached hydrogen (secondary N) is 1. The second-order valence-corrected chi connectivity index (χ2v) is 4.61. The second-order valence-electron chi connectivity index (χ2n) is 4.61. The minimum atomic E-state index is 0.238. The summed E-state index contributed by atoms with van der Waals surface area (Å²) in [6.45, 7) is 6.14. The van der Waals surface area contributed by atoms with Gasteiger partial charge in [-0.25, -0.2) is 0 Å². The van der Waals surface area contributed by atoms with Crippen molar-refractivity contribution in [1.82, 2.24) is 10.2 Å². The highest BCUT2D eigenvalue weighted by molar-refractivity contribution is 5.79. The molecule has 14 heavy (non-hydrogen) atoms. The Labute approximate surface area is 85.8 Å². The van der Waals surface area contributed by atoms with Gasteiger partial charge in [-0.1, -0.05) is 6.92 Å². The fourth-order valence-corrected chi connectivity index (χ4v) is 2.49. The van der Waals surface area contributed by atoms with Crippen LogP contribution < -0.4 is 5.32 Å². The largest absolute Gasteiger partial charge is 0.342 e. The van der Waals surface area contributed by atoms with Crippen molar-refractivity contribution in [2.75, 3.05) is 26.2 Å². The molecule has 0 aromatic heterocycles. The van der Waals surface area contributed by atoms with Crippen molar-refractivity contribution in [3.63, 3.8) is 0 Å². The monoisotopic (exact) mass is 196 g/mol. The predicted octanol–water partition coefficient (Wildman–Crippen LogP) is 0.854. The highest BCUT2D eigenvalue weighted by Gasteiger charge is 2.31. The SMILES string of the molecule is C[C@@H]1CCNC[C@@H]1C(=O)N1CCCC1. The van der Waals surface area contributed by atoms with Gasteiger partial charge < -0.3 is 10.2 Å². The van der Waals surface area contributed by atoms with Crippen molar-refractivity contribution in [2.45, 2.75) is 26.2 Å². The van der Waals surface area contributed by atoms with Gasteiger partial charge in [-0.15, -0.1) is 0 Å². The van der Waals surface area contributed by atoms with E-state index < -0.39 is 0 Å². The normalized spacial score (nSPS) is 33.4. The van der Waals surface area contributed by atoms with E-state index in [-0.39, 0.29) is 5.92 Å². The quantitative estimate of drug-likeness (QED) is 0.674. The smallest absolute Gasteiger partial charge is 0.227 e. The predicted molar refractivity (Wildman–Crippen MR) is 56.0 cm³/mol. The van der Waals surface area contributed by atoms with E-state index in [1.165, 1.54) is 12.8 Å². The van der Waals surface area contributed by atoms with Crippen LogP contribution in [0.5, 0.6) is 0 Å². The molecule has 2 fully saturated rings. The minimum Gasteiger partial charge on any atom is -0.342 e. The Bertz CT molecular complexity index is 211. The first-order valence-corrected chi connectivity index (χ1v) is 5.78. The maximum atomic E-state index is 12.1. The molecule has 0 spiro atoms. The number of nitrogens with zero attached hydrogens (tertiary/aromatic N) is 1. The molecule has 2 saturated heterocycles. The molecule has 2 atom stereocenters. The molecule has 0 aliphatic carbocycles. The average molecular weight is 196 g/mol. The van der Waals surface area contributed by atoms with E-state index in [0.717, 1.165) is 32.6 Å². The average Bonchev–Trinajstić information content (AvgIpc) is 2.70. The lowest BCUT2D eigenvalue weighted by Crippen LogP contribution is -2.45. The molecule has 0 aromatic carbocycles. The molecule has 0 radical (unpaired) electrons. The van der Waals surface area contributed by atoms with Crippen molar-refractivity contribution in [1.29, 1.82) is 0 Å². The van der Waals surface area contributed by atoms with Crippen LogP contribution in [0.1, 0.15) is 26.2 Å². The number of carbonyl (C=O) groups excluding carboxylic acids is 1. The molecule has 0 saturated carbocycles. The molecule has 0 aromatic rings. The van der Waals surface area contributed by atoms with E-state index in [1.807, 2.05) is 4.90 Å². The van der Waals surface area contributed by atoms with Crippen LogP contribution in [-0.4, -0.2) is 37.0 Å². The van der Waals surface area contributed by atoms with Crippen LogP contribution in [0, 0.1) is 11.8 Å². The van der Waals surface area contributed by atoms with Crippen molar-refractivity contribution in [3.05, 3.63) is 0 Å². The number of amides is 1. The Morgan fingerprint density at radius 2 is 2.07 bits per heavy atom. The van der Waals surface area contributed by atoms with Gasteiger partial charge in [-0.2, -0.15) is 0 Å². The lowest BCUT2D eigenvalue weighted by atomic mass is 9.87. The first-order valence-electron chi connectivity index (χ1n) is 5.78. The van der Waals surface area contributed by atoms with Gasteiger partial charge in [-0.05, 0) is 31.7 Å². The molecule has 2 aliphatic rings. The molecule has 2 heterocycles. The fraction of sp³-hybridized carbons (Fsp3) is 0.909. The van der Waals surface area contributed by atoms with E-state index in [1.54, 1.807) is 0 Å². The van der Waals surface area contributed by atoms with Crippen molar-refractivity contribution >= 4 is 5.91 Å². The summed E-state index contributed by atoms with van der Waals surface area (Å²) in [4.78, 5) is 14.1. The Kier molecular flexibility index (Phi) is 3.06. The van der Waals surface area contributed by atoms with E-state index >= 15 is 0 Å². The maximum absolute atomic E-state index is 12.1. The highest BCUT2D eigenvalue weighted by atomic mass is 16.2. The van der Waals surface area contributed by atoms with E-state index in [9.17, 15) is 4.79 Å². The summed E-state index contributed by atoms with van der Waals surface area (Å²) >= 11 is 0. The van der Waals surface area contributed by atoms with Gasteiger partial charge >= 0.3 is 0 Å². The Morgan fingerprint density at radius 3 is 2.71 bits per heavy atom. The highest BCUT2D eigenvalue weighted by Crippen LogP contribution is 2.22. The third-order valence-electron chi connectivity index (χ3n) is 3.56. The summed E-state index contributed by atoms with van der Waals surface area (Å²) in [5.41, 5.74) is 0. The molecular formula is C11H20N2O. The van der Waals surface area contributed by atoms with Crippen molar-refractivity contribution in [2.24, 2.45) is 11.8 Å². The number of likely N-dealkylation sites (tertiary alicyclic amines) is 1. The summed E-state index contributed by atoms with van der Waals surface area (Å²) in [6.07, 6.45) is 3.53. The summed E-state index contributed by atoms with van der Waals surface area (Å²) in [7, 11) is 0. The zero-order valence-electron chi connectivity index (χ0n) is 8.96. The standard InChI is InChI=1S/C11H20N2O/c1-9-4-5-12-8-10(9)11(14)13-6-2-3-7-13/h9-10,12H,2-8H2,1H3/t9-,10+/m1/s1. The van der Waals surface area contributed by atoms with Crippen LogP contribution in [-0.2, 0) is 4.79 Å². The molecule has 3 nitrogen and oxygen atoms in total. The number of hydrogen-bond donors (Lipinski definition) is 1. The Morgan fingerprint density at radius 1 is 1.36 bits per heavy atom. The van der Waals surface area contributed by atoms with Gasteiger partial charge in [0.15, 0.2) is 0 Å². The number of rotatable bonds is 1. The first-order chi connectivity index (χ1) is 6.79. The van der Waals surface area contributed by atoms with Gasteiger partial charge in [0.25, 0.3) is 0 Å². The molecule has 1 amide bonds. The molecular weight excluding hydrogens is 176 g/mol. The summed E-state index contributed by atoms with van der Waals surface area (Å²) in [6, 6.07) is 0. The third kappa shape index (κ3) is 1.92.